The summed E-state index contributed by atoms with van der Waals surface area (Å²) < 4.78 is 181. The number of hydrogen-bond donors (Lipinski definition) is 1. The molecule has 1 N–H and O–H groups in total. The van der Waals surface area contributed by atoms with Gasteiger partial charge in [-0.05, 0) is 53.7 Å². The van der Waals surface area contributed by atoms with Crippen molar-refractivity contribution >= 4 is 0 Å². The highest BCUT2D eigenvalue weighted by atomic mass is 16.5. The second kappa shape index (κ2) is 6.57. The quantitative estimate of drug-likeness (QED) is 0.904. The van der Waals surface area contributed by atoms with E-state index in [4.69, 9.17) is 35.5 Å². The van der Waals surface area contributed by atoms with Gasteiger partial charge in [-0.2, -0.15) is 0 Å². The number of hydrogen-bond acceptors (Lipinski definition) is 4. The highest BCUT2D eigenvalue weighted by Gasteiger charge is 2.39. The molecule has 4 heteroatoms. The third kappa shape index (κ3) is 3.40. The van der Waals surface area contributed by atoms with E-state index < -0.39 is 109 Å². The summed E-state index contributed by atoms with van der Waals surface area (Å²) in [5.41, 5.74) is -6.14. The minimum atomic E-state index is -4.34. The monoisotopic (exact) mass is 353 g/mol. The molecule has 2 aliphatic heterocycles. The number of rotatable bonds is 3. The molecule has 1 aromatic rings. The van der Waals surface area contributed by atoms with Gasteiger partial charge in [0, 0.05) is 40.9 Å². The van der Waals surface area contributed by atoms with Crippen LogP contribution in [0.4, 0.5) is 0 Å². The summed E-state index contributed by atoms with van der Waals surface area (Å²) in [7, 11) is 1.94. The summed E-state index contributed by atoms with van der Waals surface area (Å²) >= 11 is 0. The summed E-state index contributed by atoms with van der Waals surface area (Å²) in [4.78, 5) is -0.496. The Labute approximate surface area is 173 Å². The lowest BCUT2D eigenvalue weighted by Crippen LogP contribution is -2.48. The van der Waals surface area contributed by atoms with Crippen molar-refractivity contribution in [2.45, 2.75) is 51.8 Å². The molecule has 1 aromatic carbocycles. The standard InChI is InChI=1S/C20H31NO3/c1-20(2,3)11-14-12-21-7-6-13-8-18(23-4)19(24-5)9-15(13)16(21)10-17(14)22/h8-9,14,16-17,22H,6-7,10-12H2,1-5H3/i1D3,2D3,6D2,7D2,8D,9D,10D2,11D2,12D2,16D,17D. The van der Waals surface area contributed by atoms with Crippen LogP contribution in [0.5, 0.6) is 11.5 Å². The van der Waals surface area contributed by atoms with Gasteiger partial charge >= 0.3 is 0 Å². The summed E-state index contributed by atoms with van der Waals surface area (Å²) in [5, 5.41) is 11.6. The Morgan fingerprint density at radius 2 is 2.17 bits per heavy atom. The lowest BCUT2D eigenvalue weighted by atomic mass is 9.75. The van der Waals surface area contributed by atoms with Gasteiger partial charge in [0.15, 0.2) is 11.5 Å². The number of benzene rings is 1. The molecule has 1 saturated heterocycles. The van der Waals surface area contributed by atoms with Crippen LogP contribution >= 0.6 is 0 Å². The molecule has 3 atom stereocenters. The molecule has 0 aliphatic carbocycles. The van der Waals surface area contributed by atoms with Gasteiger partial charge in [0.05, 0.1) is 25.8 Å². The van der Waals surface area contributed by atoms with Crippen molar-refractivity contribution in [3.63, 3.8) is 0 Å². The highest BCUT2D eigenvalue weighted by Crippen LogP contribution is 2.44. The van der Waals surface area contributed by atoms with Crippen LogP contribution in [0.25, 0.3) is 0 Å². The van der Waals surface area contributed by atoms with Crippen molar-refractivity contribution in [2.24, 2.45) is 11.3 Å². The second-order valence-corrected chi connectivity index (χ2v) is 5.33. The average molecular weight is 354 g/mol. The number of piperidine rings is 1. The predicted molar refractivity (Wildman–Crippen MR) is 95.7 cm³/mol. The van der Waals surface area contributed by atoms with Gasteiger partial charge in [-0.1, -0.05) is 20.6 Å². The smallest absolute Gasteiger partial charge is 0.161 e. The first kappa shape index (κ1) is 5.37. The van der Waals surface area contributed by atoms with Crippen LogP contribution in [0, 0.1) is 11.3 Å². The normalized spacial score (nSPS) is 55.8. The van der Waals surface area contributed by atoms with Crippen LogP contribution in [0.3, 0.4) is 0 Å². The molecular weight excluding hydrogens is 302 g/mol. The first-order valence-electron chi connectivity index (χ1n) is 17.0. The Morgan fingerprint density at radius 3 is 2.83 bits per heavy atom. The summed E-state index contributed by atoms with van der Waals surface area (Å²) in [6.45, 7) is -15.5. The zero-order valence-electron chi connectivity index (χ0n) is 33.3. The SMILES string of the molecule is [2H]c1c(OC)c(OC)c([2H])c2c1C([2H])([2H])C([2H])([2H])N1C([2H])([2H])C(C([2H])([2H])C(C)(C([2H])([2H])[2H])C([2H])([2H])[2H])C([2H])(O)C([2H])([2H])C21[2H]. The van der Waals surface area contributed by atoms with Crippen LogP contribution in [0.1, 0.15) is 77.9 Å². The number of aliphatic hydroxyl groups is 1. The Bertz CT molecular complexity index is 1340. The van der Waals surface area contributed by atoms with Gasteiger partial charge in [-0.3, -0.25) is 4.90 Å². The molecule has 0 saturated carbocycles. The number of ether oxygens (including phenoxy) is 2. The molecule has 4 nitrogen and oxygen atoms in total. The van der Waals surface area contributed by atoms with Crippen LogP contribution in [0.2, 0.25) is 0 Å². The average Bonchev–Trinajstić information content (AvgIpc) is 2.79. The van der Waals surface area contributed by atoms with E-state index in [2.05, 4.69) is 0 Å². The van der Waals surface area contributed by atoms with E-state index in [1.165, 1.54) is 0 Å². The molecule has 2 heterocycles. The number of fused-ring (bicyclic) bond motifs is 3. The van der Waals surface area contributed by atoms with Crippen LogP contribution in [0.15, 0.2) is 12.1 Å². The first-order chi connectivity index (χ1) is 19.2. The van der Waals surface area contributed by atoms with Gasteiger partial charge in [0.25, 0.3) is 0 Å². The molecule has 2 aliphatic rings. The molecule has 24 heavy (non-hydrogen) atoms. The summed E-state index contributed by atoms with van der Waals surface area (Å²) in [5.74, 6) is -4.83. The van der Waals surface area contributed by atoms with Crippen molar-refractivity contribution < 1.29 is 42.0 Å². The van der Waals surface area contributed by atoms with Gasteiger partial charge in [0.2, 0.25) is 0 Å². The molecule has 0 spiro atoms. The van der Waals surface area contributed by atoms with Crippen molar-refractivity contribution in [1.29, 1.82) is 0 Å². The van der Waals surface area contributed by atoms with E-state index in [1.807, 2.05) is 0 Å². The molecule has 3 rings (SSSR count). The minimum absolute atomic E-state index is 0.349. The minimum Gasteiger partial charge on any atom is -0.493 e. The second-order valence-electron chi connectivity index (χ2n) is 5.33. The zero-order valence-corrected chi connectivity index (χ0v) is 13.3. The summed E-state index contributed by atoms with van der Waals surface area (Å²) in [6, 6.07) is -6.07. The van der Waals surface area contributed by atoms with Gasteiger partial charge in [-0.15, -0.1) is 0 Å². The van der Waals surface area contributed by atoms with Crippen LogP contribution < -0.4 is 9.47 Å². The molecule has 0 bridgehead atoms. The largest absolute Gasteiger partial charge is 0.493 e. The lowest BCUT2D eigenvalue weighted by Gasteiger charge is -2.47. The highest BCUT2D eigenvalue weighted by molar-refractivity contribution is 5.49. The van der Waals surface area contributed by atoms with Crippen molar-refractivity contribution in [1.82, 2.24) is 4.90 Å². The Hall–Kier alpha value is -1.26. The van der Waals surface area contributed by atoms with Gasteiger partial charge in [-0.25, -0.2) is 0 Å². The molecular formula is C20H31NO3. The fourth-order valence-electron chi connectivity index (χ4n) is 2.29. The van der Waals surface area contributed by atoms with Gasteiger partial charge in [0.1, 0.15) is 0 Å². The predicted octanol–water partition coefficient (Wildman–Crippen LogP) is 3.42. The summed E-state index contributed by atoms with van der Waals surface area (Å²) in [6.07, 6.45) is -16.4. The first-order valence-corrected chi connectivity index (χ1v) is 6.99. The maximum absolute atomic E-state index is 11.6. The maximum atomic E-state index is 11.6. The van der Waals surface area contributed by atoms with E-state index in [9.17, 15) is 6.48 Å². The number of nitrogens with zero attached hydrogens (tertiary/aromatic N) is 1. The Kier molecular flexibility index (Phi) is 1.47. The topological polar surface area (TPSA) is 41.9 Å². The van der Waals surface area contributed by atoms with Gasteiger partial charge < -0.3 is 14.6 Å². The van der Waals surface area contributed by atoms with Crippen molar-refractivity contribution in [3.05, 3.63) is 23.2 Å². The van der Waals surface area contributed by atoms with E-state index >= 15 is 0 Å². The fourth-order valence-corrected chi connectivity index (χ4v) is 2.29. The maximum Gasteiger partial charge on any atom is 0.161 e. The Morgan fingerprint density at radius 1 is 1.46 bits per heavy atom. The van der Waals surface area contributed by atoms with Crippen LogP contribution in [-0.4, -0.2) is 43.3 Å². The van der Waals surface area contributed by atoms with Crippen molar-refractivity contribution in [2.75, 3.05) is 27.2 Å². The van der Waals surface area contributed by atoms with E-state index in [0.29, 0.717) is 6.92 Å². The van der Waals surface area contributed by atoms with Crippen LogP contribution in [-0.2, 0) is 6.37 Å². The van der Waals surface area contributed by atoms with Crippen molar-refractivity contribution in [3.8, 4) is 11.5 Å². The lowest BCUT2D eigenvalue weighted by molar-refractivity contribution is -0.0259. The molecule has 0 aromatic heterocycles. The third-order valence-corrected chi connectivity index (χ3v) is 3.31. The molecule has 134 valence electrons. The Balaban J connectivity index is 2.68. The zero-order chi connectivity index (χ0) is 35.0. The van der Waals surface area contributed by atoms with E-state index in [-0.39, 0.29) is 0 Å². The van der Waals surface area contributed by atoms with E-state index in [0.717, 1.165) is 14.2 Å². The fraction of sp³-hybridized carbons (Fsp3) is 0.700. The molecule has 0 radical (unpaired) electrons. The molecule has 1 fully saturated rings. The number of methoxy groups -OCH3 is 2. The third-order valence-electron chi connectivity index (χ3n) is 3.31. The van der Waals surface area contributed by atoms with E-state index in [1.54, 1.807) is 0 Å². The molecule has 3 unspecified atom stereocenters. The molecule has 0 amide bonds.